The minimum absolute atomic E-state index is 0.708. The fourth-order valence-electron chi connectivity index (χ4n) is 6.11. The standard InChI is InChI=1S/C45H31N3/c1-3-9-38(10-4-1)41-13-7-8-14-42(41)44-31-43(47-45(48-44)40-11-5-2-6-12-40)39-25-23-35(24-26-39)34-17-15-32(16-18-34)33-19-21-36(22-20-33)37-27-29-46-30-28-37/h1-31H. The van der Waals surface area contributed by atoms with Crippen molar-refractivity contribution >= 4 is 0 Å². The maximum absolute atomic E-state index is 5.09. The van der Waals surface area contributed by atoms with Gasteiger partial charge in [0.15, 0.2) is 5.82 Å². The fourth-order valence-corrected chi connectivity index (χ4v) is 6.11. The van der Waals surface area contributed by atoms with Crippen LogP contribution in [0.4, 0.5) is 0 Å². The van der Waals surface area contributed by atoms with Crippen molar-refractivity contribution in [2.24, 2.45) is 0 Å². The van der Waals surface area contributed by atoms with Crippen molar-refractivity contribution in [2.75, 3.05) is 0 Å². The fraction of sp³-hybridized carbons (Fsp3) is 0. The van der Waals surface area contributed by atoms with E-state index in [-0.39, 0.29) is 0 Å². The molecule has 0 bridgehead atoms. The van der Waals surface area contributed by atoms with Crippen LogP contribution >= 0.6 is 0 Å². The quantitative estimate of drug-likeness (QED) is 0.179. The van der Waals surface area contributed by atoms with Crippen LogP contribution < -0.4 is 0 Å². The van der Waals surface area contributed by atoms with Gasteiger partial charge < -0.3 is 0 Å². The minimum atomic E-state index is 0.708. The van der Waals surface area contributed by atoms with Crippen LogP contribution in [0.2, 0.25) is 0 Å². The molecule has 0 aliphatic rings. The zero-order valence-corrected chi connectivity index (χ0v) is 26.2. The monoisotopic (exact) mass is 613 g/mol. The average molecular weight is 614 g/mol. The Morgan fingerprint density at radius 1 is 0.271 bits per heavy atom. The first-order chi connectivity index (χ1) is 23.8. The van der Waals surface area contributed by atoms with E-state index in [1.165, 1.54) is 27.8 Å². The van der Waals surface area contributed by atoms with Crippen molar-refractivity contribution in [3.8, 4) is 78.4 Å². The number of benzene rings is 6. The normalized spacial score (nSPS) is 10.9. The Balaban J connectivity index is 1.10. The summed E-state index contributed by atoms with van der Waals surface area (Å²) >= 11 is 0. The molecule has 8 aromatic rings. The molecule has 0 atom stereocenters. The molecule has 226 valence electrons. The lowest BCUT2D eigenvalue weighted by molar-refractivity contribution is 1.18. The van der Waals surface area contributed by atoms with Crippen molar-refractivity contribution < 1.29 is 0 Å². The highest BCUT2D eigenvalue weighted by atomic mass is 14.9. The molecule has 0 radical (unpaired) electrons. The molecule has 0 saturated carbocycles. The Morgan fingerprint density at radius 2 is 0.667 bits per heavy atom. The summed E-state index contributed by atoms with van der Waals surface area (Å²) < 4.78 is 0. The molecule has 6 aromatic carbocycles. The molecular weight excluding hydrogens is 583 g/mol. The number of pyridine rings is 1. The lowest BCUT2D eigenvalue weighted by atomic mass is 9.96. The molecule has 0 aliphatic heterocycles. The first-order valence-electron chi connectivity index (χ1n) is 16.1. The van der Waals surface area contributed by atoms with Gasteiger partial charge in [0.2, 0.25) is 0 Å². The predicted molar refractivity (Wildman–Crippen MR) is 198 cm³/mol. The van der Waals surface area contributed by atoms with E-state index in [4.69, 9.17) is 9.97 Å². The smallest absolute Gasteiger partial charge is 0.160 e. The second-order valence-electron chi connectivity index (χ2n) is 11.7. The van der Waals surface area contributed by atoms with Gasteiger partial charge in [-0.1, -0.05) is 158 Å². The summed E-state index contributed by atoms with van der Waals surface area (Å²) in [6.45, 7) is 0. The third-order valence-corrected chi connectivity index (χ3v) is 8.68. The van der Waals surface area contributed by atoms with Crippen molar-refractivity contribution in [1.82, 2.24) is 15.0 Å². The maximum Gasteiger partial charge on any atom is 0.160 e. The SMILES string of the molecule is c1ccc(-c2nc(-c3ccc(-c4ccc(-c5ccc(-c6ccncc6)cc5)cc4)cc3)cc(-c3ccccc3-c3ccccc3)n2)cc1. The van der Waals surface area contributed by atoms with Gasteiger partial charge in [-0.25, -0.2) is 9.97 Å². The molecule has 48 heavy (non-hydrogen) atoms. The van der Waals surface area contributed by atoms with Gasteiger partial charge in [-0.2, -0.15) is 0 Å². The summed E-state index contributed by atoms with van der Waals surface area (Å²) in [7, 11) is 0. The third kappa shape index (κ3) is 6.05. The van der Waals surface area contributed by atoms with Crippen LogP contribution in [0, 0.1) is 0 Å². The van der Waals surface area contributed by atoms with E-state index < -0.39 is 0 Å². The Labute approximate surface area is 280 Å². The molecule has 0 unspecified atom stereocenters. The predicted octanol–water partition coefficient (Wildman–Crippen LogP) is 11.5. The topological polar surface area (TPSA) is 38.7 Å². The van der Waals surface area contributed by atoms with Gasteiger partial charge in [-0.15, -0.1) is 0 Å². The summed E-state index contributed by atoms with van der Waals surface area (Å²) in [4.78, 5) is 14.3. The van der Waals surface area contributed by atoms with Crippen molar-refractivity contribution in [3.63, 3.8) is 0 Å². The highest BCUT2D eigenvalue weighted by Gasteiger charge is 2.14. The molecule has 3 heteroatoms. The Bertz CT molecular complexity index is 2280. The second kappa shape index (κ2) is 13.1. The Hall–Kier alpha value is -6.45. The summed E-state index contributed by atoms with van der Waals surface area (Å²) in [5, 5.41) is 0. The molecule has 0 spiro atoms. The third-order valence-electron chi connectivity index (χ3n) is 8.68. The molecule has 0 N–H and O–H groups in total. The number of nitrogens with zero attached hydrogens (tertiary/aromatic N) is 3. The summed E-state index contributed by atoms with van der Waals surface area (Å²) in [5.74, 6) is 0.708. The molecule has 0 saturated heterocycles. The zero-order chi connectivity index (χ0) is 32.1. The van der Waals surface area contributed by atoms with Gasteiger partial charge >= 0.3 is 0 Å². The molecule has 3 nitrogen and oxygen atoms in total. The van der Waals surface area contributed by atoms with Gasteiger partial charge in [0.25, 0.3) is 0 Å². The van der Waals surface area contributed by atoms with Crippen LogP contribution in [0.15, 0.2) is 188 Å². The van der Waals surface area contributed by atoms with E-state index in [0.29, 0.717) is 5.82 Å². The van der Waals surface area contributed by atoms with E-state index in [1.807, 2.05) is 48.8 Å². The summed E-state index contributed by atoms with van der Waals surface area (Å²) in [6.07, 6.45) is 3.65. The van der Waals surface area contributed by atoms with Crippen LogP contribution in [0.1, 0.15) is 0 Å². The zero-order valence-electron chi connectivity index (χ0n) is 26.2. The van der Waals surface area contributed by atoms with Gasteiger partial charge in [-0.3, -0.25) is 4.98 Å². The molecular formula is C45H31N3. The van der Waals surface area contributed by atoms with Gasteiger partial charge in [0.1, 0.15) is 0 Å². The Morgan fingerprint density at radius 3 is 1.19 bits per heavy atom. The van der Waals surface area contributed by atoms with Crippen LogP contribution in [0.25, 0.3) is 78.4 Å². The average Bonchev–Trinajstić information content (AvgIpc) is 3.19. The molecule has 8 rings (SSSR count). The van der Waals surface area contributed by atoms with Crippen LogP contribution in [-0.4, -0.2) is 15.0 Å². The number of aromatic nitrogens is 3. The van der Waals surface area contributed by atoms with Gasteiger partial charge in [0, 0.05) is 29.1 Å². The first kappa shape index (κ1) is 29.0. The molecule has 0 aliphatic carbocycles. The minimum Gasteiger partial charge on any atom is -0.265 e. The number of rotatable bonds is 7. The van der Waals surface area contributed by atoms with Crippen LogP contribution in [-0.2, 0) is 0 Å². The number of hydrogen-bond acceptors (Lipinski definition) is 3. The highest BCUT2D eigenvalue weighted by Crippen LogP contribution is 2.35. The van der Waals surface area contributed by atoms with E-state index in [9.17, 15) is 0 Å². The van der Waals surface area contributed by atoms with E-state index in [0.717, 1.165) is 44.8 Å². The first-order valence-corrected chi connectivity index (χ1v) is 16.1. The number of hydrogen-bond donors (Lipinski definition) is 0. The van der Waals surface area contributed by atoms with Crippen LogP contribution in [0.5, 0.6) is 0 Å². The van der Waals surface area contributed by atoms with Gasteiger partial charge in [0.05, 0.1) is 11.4 Å². The maximum atomic E-state index is 5.09. The van der Waals surface area contributed by atoms with Gasteiger partial charge in [-0.05, 0) is 62.7 Å². The lowest BCUT2D eigenvalue weighted by Crippen LogP contribution is -1.97. The summed E-state index contributed by atoms with van der Waals surface area (Å²) in [5.41, 5.74) is 14.3. The van der Waals surface area contributed by atoms with E-state index in [1.54, 1.807) is 0 Å². The highest BCUT2D eigenvalue weighted by molar-refractivity contribution is 5.84. The summed E-state index contributed by atoms with van der Waals surface area (Å²) in [6, 6.07) is 61.4. The molecule has 0 fully saturated rings. The van der Waals surface area contributed by atoms with Crippen molar-refractivity contribution in [3.05, 3.63) is 188 Å². The van der Waals surface area contributed by atoms with E-state index in [2.05, 4.69) is 145 Å². The molecule has 2 aromatic heterocycles. The lowest BCUT2D eigenvalue weighted by Gasteiger charge is -2.13. The molecule has 2 heterocycles. The molecule has 0 amide bonds. The largest absolute Gasteiger partial charge is 0.265 e. The van der Waals surface area contributed by atoms with E-state index >= 15 is 0 Å². The van der Waals surface area contributed by atoms with Crippen molar-refractivity contribution in [2.45, 2.75) is 0 Å². The van der Waals surface area contributed by atoms with Crippen LogP contribution in [0.3, 0.4) is 0 Å². The second-order valence-corrected chi connectivity index (χ2v) is 11.7. The Kier molecular flexibility index (Phi) is 7.92. The van der Waals surface area contributed by atoms with Crippen molar-refractivity contribution in [1.29, 1.82) is 0 Å².